The predicted molar refractivity (Wildman–Crippen MR) is 30.4 cm³/mol. The summed E-state index contributed by atoms with van der Waals surface area (Å²) in [6.45, 7) is 2.99. The lowest BCUT2D eigenvalue weighted by molar-refractivity contribution is -0.120. The summed E-state index contributed by atoms with van der Waals surface area (Å²) in [5, 5.41) is 0. The van der Waals surface area contributed by atoms with E-state index in [2.05, 4.69) is 0 Å². The first-order valence-electron chi connectivity index (χ1n) is 2.74. The Kier molecular flexibility index (Phi) is 3.40. The predicted octanol–water partition coefficient (Wildman–Crippen LogP) is 1.57. The van der Waals surface area contributed by atoms with Crippen LogP contribution in [0, 0.1) is 5.92 Å². The molecule has 0 aromatic heterocycles. The third-order valence-corrected chi connectivity index (χ3v) is 0.785. The molecule has 8 heavy (non-hydrogen) atoms. The molecule has 48 valence electrons. The Balaban J connectivity index is 3.25. The average Bonchev–Trinajstić information content (AvgIpc) is 1.65. The normalized spacial score (nSPS) is 10.0. The van der Waals surface area contributed by atoms with Crippen LogP contribution in [-0.4, -0.2) is 12.5 Å². The molecule has 1 nitrogen and oxygen atoms in total. The lowest BCUT2D eigenvalue weighted by Crippen LogP contribution is -2.03. The largest absolute Gasteiger partial charge is 0.297 e. The first-order chi connectivity index (χ1) is 3.66. The van der Waals surface area contributed by atoms with Crippen LogP contribution in [0.1, 0.15) is 20.3 Å². The Labute approximate surface area is 48.9 Å². The fourth-order valence-corrected chi connectivity index (χ4v) is 0.510. The number of hydrogen-bond donors (Lipinski definition) is 0. The second kappa shape index (κ2) is 3.58. The summed E-state index contributed by atoms with van der Waals surface area (Å²) >= 11 is 0. The second-order valence-corrected chi connectivity index (χ2v) is 2.27. The molecule has 0 saturated heterocycles. The van der Waals surface area contributed by atoms with Crippen molar-refractivity contribution in [2.75, 3.05) is 6.67 Å². The van der Waals surface area contributed by atoms with Gasteiger partial charge in [-0.05, 0) is 5.92 Å². The first kappa shape index (κ1) is 7.60. The van der Waals surface area contributed by atoms with Gasteiger partial charge in [-0.3, -0.25) is 4.79 Å². The zero-order valence-electron chi connectivity index (χ0n) is 5.28. The van der Waals surface area contributed by atoms with E-state index in [1.807, 2.05) is 13.8 Å². The molecule has 0 aliphatic rings. The fraction of sp³-hybridized carbons (Fsp3) is 0.833. The summed E-state index contributed by atoms with van der Waals surface area (Å²) in [4.78, 5) is 10.2. The van der Waals surface area contributed by atoms with Crippen molar-refractivity contribution >= 4 is 5.78 Å². The Hall–Kier alpha value is -0.400. The van der Waals surface area contributed by atoms with Crippen molar-refractivity contribution in [2.45, 2.75) is 20.3 Å². The van der Waals surface area contributed by atoms with Crippen LogP contribution >= 0.6 is 0 Å². The molecule has 0 aromatic carbocycles. The zero-order valence-corrected chi connectivity index (χ0v) is 5.28. The fourth-order valence-electron chi connectivity index (χ4n) is 0.510. The first-order valence-corrected chi connectivity index (χ1v) is 2.74. The van der Waals surface area contributed by atoms with E-state index in [4.69, 9.17) is 0 Å². The molecule has 0 bridgehead atoms. The molecule has 0 aromatic rings. The molecule has 2 heteroatoms. The van der Waals surface area contributed by atoms with Crippen LogP contribution in [0.5, 0.6) is 0 Å². The van der Waals surface area contributed by atoms with Gasteiger partial charge in [-0.2, -0.15) is 0 Å². The maximum Gasteiger partial charge on any atom is 0.164 e. The molecule has 0 amide bonds. The van der Waals surface area contributed by atoms with Gasteiger partial charge >= 0.3 is 0 Å². The molecule has 0 saturated carbocycles. The lowest BCUT2D eigenvalue weighted by Gasteiger charge is -1.97. The molecule has 0 fully saturated rings. The van der Waals surface area contributed by atoms with Gasteiger partial charge in [0.05, 0.1) is 0 Å². The van der Waals surface area contributed by atoms with Crippen molar-refractivity contribution in [3.8, 4) is 0 Å². The van der Waals surface area contributed by atoms with Gasteiger partial charge in [0.15, 0.2) is 5.78 Å². The van der Waals surface area contributed by atoms with Crippen molar-refractivity contribution in [3.05, 3.63) is 0 Å². The van der Waals surface area contributed by atoms with Crippen molar-refractivity contribution in [2.24, 2.45) is 5.92 Å². The second-order valence-electron chi connectivity index (χ2n) is 2.27. The van der Waals surface area contributed by atoms with Crippen LogP contribution in [0.25, 0.3) is 0 Å². The van der Waals surface area contributed by atoms with Gasteiger partial charge < -0.3 is 0 Å². The van der Waals surface area contributed by atoms with Crippen LogP contribution in [0.15, 0.2) is 0 Å². The van der Waals surface area contributed by atoms with Gasteiger partial charge in [0.2, 0.25) is 0 Å². The van der Waals surface area contributed by atoms with Crippen molar-refractivity contribution in [1.29, 1.82) is 0 Å². The summed E-state index contributed by atoms with van der Waals surface area (Å²) in [5.74, 6) is -0.00162. The molecule has 0 N–H and O–H groups in total. The van der Waals surface area contributed by atoms with Crippen molar-refractivity contribution in [1.82, 2.24) is 0 Å². The smallest absolute Gasteiger partial charge is 0.164 e. The van der Waals surface area contributed by atoms with E-state index >= 15 is 0 Å². The molecule has 0 unspecified atom stereocenters. The maximum absolute atomic E-state index is 11.4. The van der Waals surface area contributed by atoms with Gasteiger partial charge in [-0.15, -0.1) is 0 Å². The number of halogens is 1. The number of ketones is 1. The molecule has 0 radical (unpaired) electrons. The Bertz CT molecular complexity index is 78.6. The number of carbonyl (C=O) groups excluding carboxylic acids is 1. The van der Waals surface area contributed by atoms with E-state index in [1.54, 1.807) is 0 Å². The Morgan fingerprint density at radius 1 is 1.62 bits per heavy atom. The molecule has 0 rings (SSSR count). The van der Waals surface area contributed by atoms with Gasteiger partial charge in [0.1, 0.15) is 6.67 Å². The average molecular weight is 118 g/mol. The minimum atomic E-state index is -0.807. The summed E-state index contributed by atoms with van der Waals surface area (Å²) < 4.78 is 11.4. The summed E-state index contributed by atoms with van der Waals surface area (Å²) in [7, 11) is 0. The lowest BCUT2D eigenvalue weighted by atomic mass is 10.1. The SMILES string of the molecule is CC(C)CC(=O)CF. The van der Waals surface area contributed by atoms with Gasteiger partial charge in [0.25, 0.3) is 0 Å². The van der Waals surface area contributed by atoms with Crippen molar-refractivity contribution < 1.29 is 9.18 Å². The number of carbonyl (C=O) groups is 1. The molecule has 0 heterocycles. The topological polar surface area (TPSA) is 17.1 Å². The van der Waals surface area contributed by atoms with Gasteiger partial charge in [-0.1, -0.05) is 13.8 Å². The molecule has 0 spiro atoms. The number of rotatable bonds is 3. The van der Waals surface area contributed by atoms with E-state index < -0.39 is 6.67 Å². The minimum Gasteiger partial charge on any atom is -0.297 e. The molecule has 0 aliphatic heterocycles. The van der Waals surface area contributed by atoms with Crippen LogP contribution in [-0.2, 0) is 4.79 Å². The van der Waals surface area contributed by atoms with Gasteiger partial charge in [-0.25, -0.2) is 4.39 Å². The van der Waals surface area contributed by atoms with Crippen molar-refractivity contribution in [3.63, 3.8) is 0 Å². The van der Waals surface area contributed by atoms with E-state index in [-0.39, 0.29) is 5.78 Å². The summed E-state index contributed by atoms with van der Waals surface area (Å²) in [6, 6.07) is 0. The maximum atomic E-state index is 11.4. The van der Waals surface area contributed by atoms with E-state index in [1.165, 1.54) is 0 Å². The highest BCUT2D eigenvalue weighted by molar-refractivity contribution is 5.79. The monoisotopic (exact) mass is 118 g/mol. The zero-order chi connectivity index (χ0) is 6.57. The highest BCUT2D eigenvalue weighted by Gasteiger charge is 2.01. The quantitative estimate of drug-likeness (QED) is 0.549. The van der Waals surface area contributed by atoms with E-state index in [0.29, 0.717) is 12.3 Å². The molecule has 0 aliphatic carbocycles. The van der Waals surface area contributed by atoms with Crippen LogP contribution in [0.2, 0.25) is 0 Å². The highest BCUT2D eigenvalue weighted by atomic mass is 19.1. The highest BCUT2D eigenvalue weighted by Crippen LogP contribution is 1.99. The standard InChI is InChI=1S/C6H11FO/c1-5(2)3-6(8)4-7/h5H,3-4H2,1-2H3. The van der Waals surface area contributed by atoms with Crippen LogP contribution in [0.3, 0.4) is 0 Å². The summed E-state index contributed by atoms with van der Waals surface area (Å²) in [5.41, 5.74) is 0. The van der Waals surface area contributed by atoms with E-state index in [0.717, 1.165) is 0 Å². The molecule has 0 atom stereocenters. The van der Waals surface area contributed by atoms with Gasteiger partial charge in [0, 0.05) is 6.42 Å². The Morgan fingerprint density at radius 2 is 2.12 bits per heavy atom. The number of alkyl halides is 1. The third kappa shape index (κ3) is 3.78. The minimum absolute atomic E-state index is 0.290. The van der Waals surface area contributed by atoms with E-state index in [9.17, 15) is 9.18 Å². The number of Topliss-reactive ketones (excluding diaryl/α,β-unsaturated/α-hetero) is 1. The Morgan fingerprint density at radius 3 is 2.25 bits per heavy atom. The third-order valence-electron chi connectivity index (χ3n) is 0.785. The summed E-state index contributed by atoms with van der Waals surface area (Å²) in [6.07, 6.45) is 0.372. The van der Waals surface area contributed by atoms with Crippen LogP contribution < -0.4 is 0 Å². The molecular formula is C6H11FO. The molecular weight excluding hydrogens is 107 g/mol. The van der Waals surface area contributed by atoms with Crippen LogP contribution in [0.4, 0.5) is 4.39 Å². The number of hydrogen-bond acceptors (Lipinski definition) is 1.